The minimum absolute atomic E-state index is 0.117. The summed E-state index contributed by atoms with van der Waals surface area (Å²) in [6, 6.07) is 3.98. The van der Waals surface area contributed by atoms with Crippen molar-refractivity contribution in [3.8, 4) is 11.5 Å². The number of nitrogens with zero attached hydrogens (tertiary/aromatic N) is 4. The summed E-state index contributed by atoms with van der Waals surface area (Å²) in [4.78, 5) is 18.1. The number of benzene rings is 1. The lowest BCUT2D eigenvalue weighted by molar-refractivity contribution is -0.384. The number of non-ortho nitro benzene ring substituents is 1. The first kappa shape index (κ1) is 12.6. The summed E-state index contributed by atoms with van der Waals surface area (Å²) in [6.45, 7) is 1.63. The lowest BCUT2D eigenvalue weighted by Crippen LogP contribution is -2.01. The Labute approximate surface area is 106 Å². The third-order valence-electron chi connectivity index (χ3n) is 2.21. The molecule has 0 fully saturated rings. The van der Waals surface area contributed by atoms with Crippen LogP contribution in [0, 0.1) is 17.0 Å². The van der Waals surface area contributed by atoms with Gasteiger partial charge in [0.25, 0.3) is 11.6 Å². The molecule has 0 radical (unpaired) electrons. The molecule has 0 atom stereocenters. The van der Waals surface area contributed by atoms with E-state index in [9.17, 15) is 10.1 Å². The Kier molecular flexibility index (Phi) is 3.48. The number of aryl methyl sites for hydroxylation is 1. The van der Waals surface area contributed by atoms with Crippen LogP contribution in [0.25, 0.3) is 11.5 Å². The average Bonchev–Trinajstić information content (AvgIpc) is 2.82. The van der Waals surface area contributed by atoms with Gasteiger partial charge in [-0.05, 0) is 13.0 Å². The van der Waals surface area contributed by atoms with Crippen molar-refractivity contribution in [2.24, 2.45) is 4.99 Å². The molecule has 2 aromatic rings. The van der Waals surface area contributed by atoms with E-state index in [1.807, 2.05) is 0 Å². The van der Waals surface area contributed by atoms with Gasteiger partial charge in [0.1, 0.15) is 6.34 Å². The Morgan fingerprint density at radius 1 is 1.58 bits per heavy atom. The number of rotatable bonds is 4. The van der Waals surface area contributed by atoms with Gasteiger partial charge in [-0.3, -0.25) is 20.8 Å². The summed E-state index contributed by atoms with van der Waals surface area (Å²) in [7, 11) is 0. The lowest BCUT2D eigenvalue weighted by Gasteiger charge is -2.00. The molecular weight excluding hydrogens is 254 g/mol. The summed E-state index contributed by atoms with van der Waals surface area (Å²) >= 11 is 0. The highest BCUT2D eigenvalue weighted by Crippen LogP contribution is 2.32. The molecule has 0 unspecified atom stereocenters. The summed E-state index contributed by atoms with van der Waals surface area (Å²) < 4.78 is 4.97. The van der Waals surface area contributed by atoms with Gasteiger partial charge >= 0.3 is 0 Å². The summed E-state index contributed by atoms with van der Waals surface area (Å²) in [5, 5.41) is 22.9. The summed E-state index contributed by atoms with van der Waals surface area (Å²) in [5.74, 6) is 0.517. The van der Waals surface area contributed by atoms with Crippen LogP contribution in [0.3, 0.4) is 0 Å². The Bertz CT molecular complexity index is 637. The van der Waals surface area contributed by atoms with Gasteiger partial charge in [-0.2, -0.15) is 4.98 Å². The molecule has 0 bridgehead atoms. The van der Waals surface area contributed by atoms with E-state index in [2.05, 4.69) is 15.1 Å². The number of nitro benzene ring substituents is 1. The highest BCUT2D eigenvalue weighted by atomic mass is 16.6. The minimum Gasteiger partial charge on any atom is -0.334 e. The van der Waals surface area contributed by atoms with Gasteiger partial charge in [0, 0.05) is 12.1 Å². The number of nitrogens with one attached hydrogen (secondary N) is 1. The molecule has 0 saturated heterocycles. The van der Waals surface area contributed by atoms with E-state index in [1.165, 1.54) is 18.2 Å². The molecule has 0 spiro atoms. The molecule has 2 rings (SSSR count). The maximum atomic E-state index is 10.8. The number of aromatic nitrogens is 2. The predicted octanol–water partition coefficient (Wildman–Crippen LogP) is 1.59. The number of hydrogen-bond acceptors (Lipinski definition) is 7. The van der Waals surface area contributed by atoms with Crippen LogP contribution in [-0.2, 0) is 0 Å². The van der Waals surface area contributed by atoms with Crippen LogP contribution < -0.4 is 5.48 Å². The molecule has 0 aliphatic carbocycles. The van der Waals surface area contributed by atoms with Crippen molar-refractivity contribution in [1.29, 1.82) is 0 Å². The predicted molar refractivity (Wildman–Crippen MR) is 64.2 cm³/mol. The van der Waals surface area contributed by atoms with Crippen LogP contribution in [0.1, 0.15) is 5.82 Å². The topological polar surface area (TPSA) is 127 Å². The minimum atomic E-state index is -0.537. The van der Waals surface area contributed by atoms with Crippen LogP contribution in [0.4, 0.5) is 11.4 Å². The van der Waals surface area contributed by atoms with Crippen molar-refractivity contribution >= 4 is 17.7 Å². The second-order valence-electron chi connectivity index (χ2n) is 3.49. The lowest BCUT2D eigenvalue weighted by atomic mass is 10.1. The molecule has 9 heteroatoms. The third kappa shape index (κ3) is 2.72. The Morgan fingerprint density at radius 2 is 2.37 bits per heavy atom. The zero-order valence-corrected chi connectivity index (χ0v) is 9.77. The quantitative estimate of drug-likeness (QED) is 0.371. The van der Waals surface area contributed by atoms with Crippen molar-refractivity contribution in [2.45, 2.75) is 6.92 Å². The average molecular weight is 263 g/mol. The molecule has 9 nitrogen and oxygen atoms in total. The fourth-order valence-corrected chi connectivity index (χ4v) is 1.43. The van der Waals surface area contributed by atoms with Gasteiger partial charge in [0.05, 0.1) is 16.2 Å². The highest BCUT2D eigenvalue weighted by Gasteiger charge is 2.16. The largest absolute Gasteiger partial charge is 0.334 e. The number of hydrogen-bond donors (Lipinski definition) is 2. The first-order valence-corrected chi connectivity index (χ1v) is 5.13. The fourth-order valence-electron chi connectivity index (χ4n) is 1.43. The monoisotopic (exact) mass is 263 g/mol. The van der Waals surface area contributed by atoms with E-state index >= 15 is 0 Å². The molecule has 1 aromatic carbocycles. The molecule has 2 N–H and O–H groups in total. The molecule has 0 saturated carbocycles. The van der Waals surface area contributed by atoms with Crippen LogP contribution in [0.2, 0.25) is 0 Å². The number of nitro groups is 1. The van der Waals surface area contributed by atoms with Crippen LogP contribution in [-0.4, -0.2) is 26.6 Å². The van der Waals surface area contributed by atoms with Crippen molar-refractivity contribution in [3.63, 3.8) is 0 Å². The maximum Gasteiger partial charge on any atom is 0.270 e. The molecule has 0 aliphatic rings. The van der Waals surface area contributed by atoms with E-state index in [4.69, 9.17) is 9.73 Å². The summed E-state index contributed by atoms with van der Waals surface area (Å²) in [6.07, 6.45) is 1.02. The van der Waals surface area contributed by atoms with Gasteiger partial charge in [0.15, 0.2) is 5.82 Å². The smallest absolute Gasteiger partial charge is 0.270 e. The van der Waals surface area contributed by atoms with E-state index in [-0.39, 0.29) is 11.6 Å². The molecule has 1 heterocycles. The Hall–Kier alpha value is -2.81. The second-order valence-corrected chi connectivity index (χ2v) is 3.49. The van der Waals surface area contributed by atoms with Gasteiger partial charge in [-0.15, -0.1) is 0 Å². The molecule has 1 aromatic heterocycles. The first-order chi connectivity index (χ1) is 9.11. The van der Waals surface area contributed by atoms with Gasteiger partial charge in [-0.1, -0.05) is 5.16 Å². The van der Waals surface area contributed by atoms with Gasteiger partial charge in [0.2, 0.25) is 0 Å². The standard InChI is InChI=1S/C10H9N5O4/c1-6-13-10(19-14-6)8-4-7(15(17)18)2-3-9(8)11-5-12-16/h2-5,16H,1H3,(H,11,12). The normalized spacial score (nSPS) is 10.8. The van der Waals surface area contributed by atoms with Crippen LogP contribution >= 0.6 is 0 Å². The molecular formula is C10H9N5O4. The van der Waals surface area contributed by atoms with Crippen molar-refractivity contribution in [2.75, 3.05) is 0 Å². The van der Waals surface area contributed by atoms with Gasteiger partial charge < -0.3 is 4.52 Å². The third-order valence-corrected chi connectivity index (χ3v) is 2.21. The van der Waals surface area contributed by atoms with Gasteiger partial charge in [-0.25, -0.2) is 4.99 Å². The molecule has 98 valence electrons. The van der Waals surface area contributed by atoms with E-state index in [0.29, 0.717) is 17.1 Å². The van der Waals surface area contributed by atoms with E-state index in [1.54, 1.807) is 12.4 Å². The van der Waals surface area contributed by atoms with Crippen molar-refractivity contribution < 1.29 is 14.7 Å². The molecule has 0 amide bonds. The van der Waals surface area contributed by atoms with Crippen LogP contribution in [0.15, 0.2) is 27.7 Å². The van der Waals surface area contributed by atoms with Crippen LogP contribution in [0.5, 0.6) is 0 Å². The van der Waals surface area contributed by atoms with Crippen molar-refractivity contribution in [3.05, 3.63) is 34.1 Å². The SMILES string of the molecule is Cc1noc(-c2cc([N+](=O)[O-])ccc2N=CNO)n1. The second kappa shape index (κ2) is 5.23. The number of hydroxylamine groups is 1. The maximum absolute atomic E-state index is 10.8. The van der Waals surface area contributed by atoms with E-state index < -0.39 is 4.92 Å². The first-order valence-electron chi connectivity index (χ1n) is 5.13. The highest BCUT2D eigenvalue weighted by molar-refractivity contribution is 5.76. The fraction of sp³-hybridized carbons (Fsp3) is 0.100. The Morgan fingerprint density at radius 3 is 2.95 bits per heavy atom. The zero-order chi connectivity index (χ0) is 13.8. The zero-order valence-electron chi connectivity index (χ0n) is 9.77. The number of aliphatic imine (C=N–C) groups is 1. The van der Waals surface area contributed by atoms with E-state index in [0.717, 1.165) is 6.34 Å². The molecule has 0 aliphatic heterocycles. The summed E-state index contributed by atoms with van der Waals surface area (Å²) in [5.41, 5.74) is 2.27. The van der Waals surface area contributed by atoms with Crippen molar-refractivity contribution in [1.82, 2.24) is 15.6 Å². The molecule has 19 heavy (non-hydrogen) atoms. The Balaban J connectivity index is 2.55.